The Bertz CT molecular complexity index is 541. The molecule has 0 aliphatic heterocycles. The van der Waals surface area contributed by atoms with Crippen molar-refractivity contribution < 1.29 is 9.90 Å². The zero-order valence-corrected chi connectivity index (χ0v) is 11.4. The molecule has 5 nitrogen and oxygen atoms in total. The molecule has 0 aromatic carbocycles. The van der Waals surface area contributed by atoms with Crippen molar-refractivity contribution in [2.24, 2.45) is 0 Å². The molecule has 2 N–H and O–H groups in total. The molecule has 0 amide bonds. The number of unbranched alkanes of at least 4 members (excludes halogenated alkanes) is 3. The molecule has 2 rings (SSSR count). The van der Waals surface area contributed by atoms with Crippen LogP contribution in [0.25, 0.3) is 10.2 Å². The van der Waals surface area contributed by atoms with Gasteiger partial charge < -0.3 is 10.4 Å². The normalized spacial score (nSPS) is 10.7. The lowest BCUT2D eigenvalue weighted by Gasteiger charge is -2.05. The fourth-order valence-electron chi connectivity index (χ4n) is 1.88. The van der Waals surface area contributed by atoms with Crippen LogP contribution < -0.4 is 5.32 Å². The number of nitrogens with one attached hydrogen (secondary N) is 1. The van der Waals surface area contributed by atoms with E-state index < -0.39 is 5.97 Å². The van der Waals surface area contributed by atoms with E-state index in [0.717, 1.165) is 48.3 Å². The van der Waals surface area contributed by atoms with E-state index in [-0.39, 0.29) is 6.42 Å². The van der Waals surface area contributed by atoms with Gasteiger partial charge in [0.25, 0.3) is 0 Å². The maximum Gasteiger partial charge on any atom is 0.303 e. The minimum absolute atomic E-state index is 0.273. The number of fused-ring (bicyclic) bond motifs is 1. The fraction of sp³-hybridized carbons (Fsp3) is 0.462. The zero-order chi connectivity index (χ0) is 13.5. The van der Waals surface area contributed by atoms with E-state index in [1.807, 2.05) is 11.4 Å². The Morgan fingerprint density at radius 2 is 2.11 bits per heavy atom. The predicted molar refractivity (Wildman–Crippen MR) is 76.6 cm³/mol. The van der Waals surface area contributed by atoms with E-state index in [0.29, 0.717) is 0 Å². The highest BCUT2D eigenvalue weighted by molar-refractivity contribution is 7.17. The number of aliphatic carboxylic acids is 1. The first kappa shape index (κ1) is 13.7. The van der Waals surface area contributed by atoms with Gasteiger partial charge in [-0.2, -0.15) is 0 Å². The predicted octanol–water partition coefficient (Wildman–Crippen LogP) is 3.14. The van der Waals surface area contributed by atoms with Crippen molar-refractivity contribution in [3.8, 4) is 0 Å². The van der Waals surface area contributed by atoms with Gasteiger partial charge in [-0.15, -0.1) is 11.3 Å². The summed E-state index contributed by atoms with van der Waals surface area (Å²) in [5.41, 5.74) is 0.976. The summed E-state index contributed by atoms with van der Waals surface area (Å²) in [5, 5.41) is 13.8. The molecule has 102 valence electrons. The molecule has 2 aromatic heterocycles. The van der Waals surface area contributed by atoms with Gasteiger partial charge in [-0.05, 0) is 24.3 Å². The number of carboxylic acids is 1. The third kappa shape index (κ3) is 4.17. The molecule has 0 spiro atoms. The van der Waals surface area contributed by atoms with E-state index >= 15 is 0 Å². The molecule has 0 radical (unpaired) electrons. The lowest BCUT2D eigenvalue weighted by Crippen LogP contribution is -2.03. The average Bonchev–Trinajstić information content (AvgIpc) is 2.86. The second-order valence-electron chi connectivity index (χ2n) is 4.34. The van der Waals surface area contributed by atoms with Crippen LogP contribution in [0.2, 0.25) is 0 Å². The van der Waals surface area contributed by atoms with Crippen LogP contribution in [0.1, 0.15) is 32.1 Å². The summed E-state index contributed by atoms with van der Waals surface area (Å²) in [5.74, 6) is 0.185. The van der Waals surface area contributed by atoms with Crippen molar-refractivity contribution in [2.45, 2.75) is 32.1 Å². The first-order chi connectivity index (χ1) is 9.27. The van der Waals surface area contributed by atoms with E-state index in [4.69, 9.17) is 5.11 Å². The Labute approximate surface area is 115 Å². The number of carbonyl (C=O) groups is 1. The van der Waals surface area contributed by atoms with Gasteiger partial charge in [0, 0.05) is 13.0 Å². The number of thiophene rings is 1. The maximum absolute atomic E-state index is 10.3. The molecule has 0 aliphatic carbocycles. The summed E-state index contributed by atoms with van der Waals surface area (Å²) < 4.78 is 1.09. The number of nitrogens with zero attached hydrogens (tertiary/aromatic N) is 2. The lowest BCUT2D eigenvalue weighted by molar-refractivity contribution is -0.137. The van der Waals surface area contributed by atoms with Gasteiger partial charge >= 0.3 is 5.97 Å². The number of hydrogen-bond donors (Lipinski definition) is 2. The van der Waals surface area contributed by atoms with Crippen LogP contribution in [-0.4, -0.2) is 27.6 Å². The highest BCUT2D eigenvalue weighted by Gasteiger charge is 2.03. The third-order valence-corrected chi connectivity index (χ3v) is 3.76. The monoisotopic (exact) mass is 279 g/mol. The van der Waals surface area contributed by atoms with Crippen LogP contribution in [0.4, 0.5) is 5.82 Å². The quantitative estimate of drug-likeness (QED) is 0.726. The van der Waals surface area contributed by atoms with Crippen molar-refractivity contribution in [1.29, 1.82) is 0 Å². The molecule has 0 saturated heterocycles. The second-order valence-corrected chi connectivity index (χ2v) is 5.26. The summed E-state index contributed by atoms with van der Waals surface area (Å²) in [6.07, 6.45) is 5.64. The van der Waals surface area contributed by atoms with E-state index in [1.165, 1.54) is 0 Å². The van der Waals surface area contributed by atoms with Gasteiger partial charge in [0.15, 0.2) is 0 Å². The van der Waals surface area contributed by atoms with Crippen molar-refractivity contribution in [3.05, 3.63) is 17.8 Å². The number of rotatable bonds is 8. The largest absolute Gasteiger partial charge is 0.481 e. The highest BCUT2D eigenvalue weighted by Crippen LogP contribution is 2.24. The minimum Gasteiger partial charge on any atom is -0.481 e. The lowest BCUT2D eigenvalue weighted by atomic mass is 10.1. The number of hydrogen-bond acceptors (Lipinski definition) is 5. The van der Waals surface area contributed by atoms with Crippen LogP contribution in [0.5, 0.6) is 0 Å². The molecule has 0 unspecified atom stereocenters. The van der Waals surface area contributed by atoms with E-state index in [9.17, 15) is 4.79 Å². The van der Waals surface area contributed by atoms with Gasteiger partial charge in [-0.1, -0.05) is 12.8 Å². The Kier molecular flexibility index (Phi) is 5.09. The van der Waals surface area contributed by atoms with Crippen LogP contribution in [0, 0.1) is 0 Å². The molecule has 6 heteroatoms. The van der Waals surface area contributed by atoms with Gasteiger partial charge in [0.2, 0.25) is 0 Å². The van der Waals surface area contributed by atoms with Gasteiger partial charge in [0.1, 0.15) is 12.1 Å². The van der Waals surface area contributed by atoms with Crippen molar-refractivity contribution in [1.82, 2.24) is 9.97 Å². The number of carboxylic acid groups (broad SMARTS) is 1. The molecular weight excluding hydrogens is 262 g/mol. The summed E-state index contributed by atoms with van der Waals surface area (Å²) in [7, 11) is 0. The molecule has 0 saturated carbocycles. The number of aromatic nitrogens is 2. The highest BCUT2D eigenvalue weighted by atomic mass is 32.1. The summed E-state index contributed by atoms with van der Waals surface area (Å²) in [4.78, 5) is 18.8. The molecule has 2 aromatic rings. The van der Waals surface area contributed by atoms with Crippen LogP contribution in [0.15, 0.2) is 17.8 Å². The topological polar surface area (TPSA) is 75.1 Å². The van der Waals surface area contributed by atoms with Crippen molar-refractivity contribution >= 4 is 33.3 Å². The van der Waals surface area contributed by atoms with Crippen molar-refractivity contribution in [3.63, 3.8) is 0 Å². The molecule has 0 aliphatic rings. The van der Waals surface area contributed by atoms with Gasteiger partial charge in [0.05, 0.1) is 10.2 Å². The molecule has 2 heterocycles. The maximum atomic E-state index is 10.3. The molecule has 0 fully saturated rings. The number of anilines is 1. The second kappa shape index (κ2) is 7.04. The fourth-order valence-corrected chi connectivity index (χ4v) is 2.69. The zero-order valence-electron chi connectivity index (χ0n) is 10.6. The molecule has 0 bridgehead atoms. The van der Waals surface area contributed by atoms with Gasteiger partial charge in [-0.3, -0.25) is 4.79 Å². The summed E-state index contributed by atoms with van der Waals surface area (Å²) in [6, 6.07) is 1.98. The minimum atomic E-state index is -0.709. The SMILES string of the molecule is O=C(O)CCCCCCNc1ncnc2ccsc12. The summed E-state index contributed by atoms with van der Waals surface area (Å²) in [6.45, 7) is 0.858. The first-order valence-electron chi connectivity index (χ1n) is 6.41. The molecular formula is C13H17N3O2S. The van der Waals surface area contributed by atoms with Crippen molar-refractivity contribution in [2.75, 3.05) is 11.9 Å². The van der Waals surface area contributed by atoms with Crippen LogP contribution >= 0.6 is 11.3 Å². The van der Waals surface area contributed by atoms with Crippen LogP contribution in [-0.2, 0) is 4.79 Å². The third-order valence-electron chi connectivity index (χ3n) is 2.85. The Morgan fingerprint density at radius 3 is 2.95 bits per heavy atom. The Balaban J connectivity index is 1.68. The Morgan fingerprint density at radius 1 is 1.26 bits per heavy atom. The van der Waals surface area contributed by atoms with Gasteiger partial charge in [-0.25, -0.2) is 9.97 Å². The first-order valence-corrected chi connectivity index (χ1v) is 7.29. The molecule has 19 heavy (non-hydrogen) atoms. The van der Waals surface area contributed by atoms with E-state index in [1.54, 1.807) is 17.7 Å². The van der Waals surface area contributed by atoms with E-state index in [2.05, 4.69) is 15.3 Å². The van der Waals surface area contributed by atoms with Crippen LogP contribution in [0.3, 0.4) is 0 Å². The Hall–Kier alpha value is -1.69. The average molecular weight is 279 g/mol. The standard InChI is InChI=1S/C13H17N3O2S/c17-11(18)5-3-1-2-4-7-14-13-12-10(6-8-19-12)15-9-16-13/h6,8-9H,1-5,7H2,(H,17,18)(H,14,15,16). The smallest absolute Gasteiger partial charge is 0.303 e. The molecule has 0 atom stereocenters. The summed E-state index contributed by atoms with van der Waals surface area (Å²) >= 11 is 1.64.